The molecule has 80 valence electrons. The third-order valence-electron chi connectivity index (χ3n) is 3.00. The van der Waals surface area contributed by atoms with Gasteiger partial charge in [0.05, 0.1) is 0 Å². The molecule has 1 saturated carbocycles. The number of rotatable bonds is 1. The first-order valence-electron chi connectivity index (χ1n) is 5.43. The number of hydrogen-bond acceptors (Lipinski definition) is 2. The number of nitrogens with zero attached hydrogens (tertiary/aromatic N) is 1. The van der Waals surface area contributed by atoms with Gasteiger partial charge < -0.3 is 10.2 Å². The van der Waals surface area contributed by atoms with E-state index in [0.717, 1.165) is 32.4 Å². The van der Waals surface area contributed by atoms with E-state index in [1.54, 1.807) is 11.3 Å². The lowest BCUT2D eigenvalue weighted by Gasteiger charge is -2.27. The summed E-state index contributed by atoms with van der Waals surface area (Å²) in [5.74, 6) is 0. The molecule has 4 heteroatoms. The van der Waals surface area contributed by atoms with E-state index in [2.05, 4.69) is 16.8 Å². The first kappa shape index (κ1) is 9.21. The van der Waals surface area contributed by atoms with E-state index in [1.165, 1.54) is 10.4 Å². The van der Waals surface area contributed by atoms with Crippen molar-refractivity contribution in [3.05, 3.63) is 21.9 Å². The maximum absolute atomic E-state index is 11.8. The van der Waals surface area contributed by atoms with Gasteiger partial charge in [-0.1, -0.05) is 0 Å². The highest BCUT2D eigenvalue weighted by molar-refractivity contribution is 7.10. The molecule has 1 aromatic rings. The van der Waals surface area contributed by atoms with Gasteiger partial charge in [0.25, 0.3) is 0 Å². The van der Waals surface area contributed by atoms with Crippen LogP contribution >= 0.6 is 11.3 Å². The summed E-state index contributed by atoms with van der Waals surface area (Å²) in [6.45, 7) is 1.66. The van der Waals surface area contributed by atoms with Crippen LogP contribution in [0.15, 0.2) is 11.4 Å². The highest BCUT2D eigenvalue weighted by Crippen LogP contribution is 2.25. The number of fused-ring (bicyclic) bond motifs is 1. The molecule has 1 fully saturated rings. The van der Waals surface area contributed by atoms with Gasteiger partial charge in [-0.25, -0.2) is 4.79 Å². The van der Waals surface area contributed by atoms with Gasteiger partial charge >= 0.3 is 6.03 Å². The minimum absolute atomic E-state index is 0.120. The SMILES string of the molecule is O=C(NC1CC1)N1CCc2sccc2C1. The quantitative estimate of drug-likeness (QED) is 0.774. The second-order valence-electron chi connectivity index (χ2n) is 4.26. The van der Waals surface area contributed by atoms with Crippen molar-refractivity contribution < 1.29 is 4.79 Å². The molecule has 1 aromatic heterocycles. The molecule has 3 nitrogen and oxygen atoms in total. The van der Waals surface area contributed by atoms with E-state index in [4.69, 9.17) is 0 Å². The summed E-state index contributed by atoms with van der Waals surface area (Å²) < 4.78 is 0. The summed E-state index contributed by atoms with van der Waals surface area (Å²) in [5, 5.41) is 5.15. The van der Waals surface area contributed by atoms with Crippen LogP contribution in [0.3, 0.4) is 0 Å². The number of thiophene rings is 1. The molecule has 2 amide bonds. The molecule has 0 spiro atoms. The lowest BCUT2D eigenvalue weighted by molar-refractivity contribution is 0.192. The second-order valence-corrected chi connectivity index (χ2v) is 5.27. The Labute approximate surface area is 93.1 Å². The van der Waals surface area contributed by atoms with Crippen LogP contribution in [0.4, 0.5) is 4.79 Å². The normalized spacial score (nSPS) is 19.9. The van der Waals surface area contributed by atoms with Gasteiger partial charge in [0, 0.05) is 24.0 Å². The van der Waals surface area contributed by atoms with Crippen molar-refractivity contribution in [3.8, 4) is 0 Å². The molecule has 0 bridgehead atoms. The zero-order chi connectivity index (χ0) is 10.3. The van der Waals surface area contributed by atoms with Gasteiger partial charge in [-0.15, -0.1) is 11.3 Å². The van der Waals surface area contributed by atoms with Crippen LogP contribution in [0.2, 0.25) is 0 Å². The first-order valence-corrected chi connectivity index (χ1v) is 6.31. The largest absolute Gasteiger partial charge is 0.335 e. The molecular formula is C11H14N2OS. The molecular weight excluding hydrogens is 208 g/mol. The maximum Gasteiger partial charge on any atom is 0.317 e. The van der Waals surface area contributed by atoms with E-state index in [1.807, 2.05) is 4.90 Å². The molecule has 1 aliphatic carbocycles. The molecule has 0 radical (unpaired) electrons. The monoisotopic (exact) mass is 222 g/mol. The Balaban J connectivity index is 1.66. The number of carbonyl (C=O) groups excluding carboxylic acids is 1. The fourth-order valence-corrected chi connectivity index (χ4v) is 2.81. The Kier molecular flexibility index (Phi) is 2.16. The van der Waals surface area contributed by atoms with Crippen LogP contribution in [0.5, 0.6) is 0 Å². The average molecular weight is 222 g/mol. The number of hydrogen-bond donors (Lipinski definition) is 1. The topological polar surface area (TPSA) is 32.3 Å². The van der Waals surface area contributed by atoms with Gasteiger partial charge in [0.15, 0.2) is 0 Å². The van der Waals surface area contributed by atoms with Gasteiger partial charge in [0.1, 0.15) is 0 Å². The minimum atomic E-state index is 0.120. The summed E-state index contributed by atoms with van der Waals surface area (Å²) in [6.07, 6.45) is 3.33. The van der Waals surface area contributed by atoms with Crippen molar-refractivity contribution in [2.75, 3.05) is 6.54 Å². The fourth-order valence-electron chi connectivity index (χ4n) is 1.92. The number of amides is 2. The number of carbonyl (C=O) groups is 1. The summed E-state index contributed by atoms with van der Waals surface area (Å²) in [5.41, 5.74) is 1.33. The zero-order valence-corrected chi connectivity index (χ0v) is 9.35. The van der Waals surface area contributed by atoms with Crippen LogP contribution < -0.4 is 5.32 Å². The van der Waals surface area contributed by atoms with Crippen molar-refractivity contribution >= 4 is 17.4 Å². The minimum Gasteiger partial charge on any atom is -0.335 e. The lowest BCUT2D eigenvalue weighted by atomic mass is 10.1. The molecule has 2 heterocycles. The van der Waals surface area contributed by atoms with Crippen LogP contribution in [0.1, 0.15) is 23.3 Å². The van der Waals surface area contributed by atoms with Crippen molar-refractivity contribution in [1.29, 1.82) is 0 Å². The van der Waals surface area contributed by atoms with E-state index < -0.39 is 0 Å². The Morgan fingerprint density at radius 1 is 1.53 bits per heavy atom. The molecule has 0 unspecified atom stereocenters. The van der Waals surface area contributed by atoms with Crippen molar-refractivity contribution in [1.82, 2.24) is 10.2 Å². The Morgan fingerprint density at radius 2 is 2.40 bits per heavy atom. The van der Waals surface area contributed by atoms with Crippen LogP contribution in [-0.4, -0.2) is 23.5 Å². The second kappa shape index (κ2) is 3.52. The molecule has 0 saturated heterocycles. The molecule has 1 N–H and O–H groups in total. The number of urea groups is 1. The lowest BCUT2D eigenvalue weighted by Crippen LogP contribution is -2.43. The maximum atomic E-state index is 11.8. The zero-order valence-electron chi connectivity index (χ0n) is 8.53. The molecule has 3 rings (SSSR count). The standard InChI is InChI=1S/C11H14N2OS/c14-11(12-9-1-2-9)13-5-3-10-8(7-13)4-6-15-10/h4,6,9H,1-3,5,7H2,(H,12,14). The van der Waals surface area contributed by atoms with Crippen molar-refractivity contribution in [3.63, 3.8) is 0 Å². The van der Waals surface area contributed by atoms with E-state index >= 15 is 0 Å². The molecule has 0 aromatic carbocycles. The Hall–Kier alpha value is -1.03. The average Bonchev–Trinajstić information content (AvgIpc) is 2.94. The Morgan fingerprint density at radius 3 is 3.20 bits per heavy atom. The predicted molar refractivity (Wildman–Crippen MR) is 60.0 cm³/mol. The van der Waals surface area contributed by atoms with E-state index in [9.17, 15) is 4.79 Å². The predicted octanol–water partition coefficient (Wildman–Crippen LogP) is 1.98. The van der Waals surface area contributed by atoms with Crippen LogP contribution in [0, 0.1) is 0 Å². The molecule has 15 heavy (non-hydrogen) atoms. The summed E-state index contributed by atoms with van der Waals surface area (Å²) in [4.78, 5) is 15.2. The van der Waals surface area contributed by atoms with Gasteiger partial charge in [-0.05, 0) is 36.3 Å². The van der Waals surface area contributed by atoms with Crippen LogP contribution in [0.25, 0.3) is 0 Å². The van der Waals surface area contributed by atoms with E-state index in [0.29, 0.717) is 6.04 Å². The fraction of sp³-hybridized carbons (Fsp3) is 0.545. The Bertz CT molecular complexity index is 384. The smallest absolute Gasteiger partial charge is 0.317 e. The van der Waals surface area contributed by atoms with Gasteiger partial charge in [-0.3, -0.25) is 0 Å². The molecule has 0 atom stereocenters. The van der Waals surface area contributed by atoms with Gasteiger partial charge in [-0.2, -0.15) is 0 Å². The van der Waals surface area contributed by atoms with E-state index in [-0.39, 0.29) is 6.03 Å². The van der Waals surface area contributed by atoms with Gasteiger partial charge in [0.2, 0.25) is 0 Å². The third-order valence-corrected chi connectivity index (χ3v) is 4.02. The molecule has 1 aliphatic heterocycles. The summed E-state index contributed by atoms with van der Waals surface area (Å²) in [6, 6.07) is 2.71. The first-order chi connectivity index (χ1) is 7.33. The van der Waals surface area contributed by atoms with Crippen LogP contribution in [-0.2, 0) is 13.0 Å². The highest BCUT2D eigenvalue weighted by atomic mass is 32.1. The highest BCUT2D eigenvalue weighted by Gasteiger charge is 2.27. The van der Waals surface area contributed by atoms with Crippen molar-refractivity contribution in [2.24, 2.45) is 0 Å². The summed E-state index contributed by atoms with van der Waals surface area (Å²) >= 11 is 1.81. The third kappa shape index (κ3) is 1.86. The molecule has 2 aliphatic rings. The van der Waals surface area contributed by atoms with Crippen molar-refractivity contribution in [2.45, 2.75) is 31.8 Å². The summed E-state index contributed by atoms with van der Waals surface area (Å²) in [7, 11) is 0. The number of nitrogens with one attached hydrogen (secondary N) is 1.